The van der Waals surface area contributed by atoms with Gasteiger partial charge in [0.15, 0.2) is 0 Å². The highest BCUT2D eigenvalue weighted by Crippen LogP contribution is 2.24. The van der Waals surface area contributed by atoms with Crippen LogP contribution in [0.3, 0.4) is 0 Å². The standard InChI is InChI=1S/C13H18N4O3/c1-8-6-9(4-5-15-8)16-12-3-2-10(17(19)20)7-11(12)13(14)18/h2-3,7-9,15-16H,4-6H2,1H3,(H2,14,18). The van der Waals surface area contributed by atoms with E-state index in [1.165, 1.54) is 12.1 Å². The van der Waals surface area contributed by atoms with Crippen LogP contribution in [0.1, 0.15) is 30.1 Å². The number of anilines is 1. The van der Waals surface area contributed by atoms with Crippen molar-refractivity contribution >= 4 is 17.3 Å². The van der Waals surface area contributed by atoms with Crippen molar-refractivity contribution in [2.75, 3.05) is 11.9 Å². The van der Waals surface area contributed by atoms with Crippen LogP contribution in [0.2, 0.25) is 0 Å². The summed E-state index contributed by atoms with van der Waals surface area (Å²) in [5.74, 6) is -0.668. The normalized spacial score (nSPS) is 22.2. The number of non-ortho nitro benzene ring substituents is 1. The van der Waals surface area contributed by atoms with E-state index in [9.17, 15) is 14.9 Å². The van der Waals surface area contributed by atoms with E-state index in [2.05, 4.69) is 17.6 Å². The summed E-state index contributed by atoms with van der Waals surface area (Å²) >= 11 is 0. The van der Waals surface area contributed by atoms with Crippen molar-refractivity contribution in [1.29, 1.82) is 0 Å². The monoisotopic (exact) mass is 278 g/mol. The Morgan fingerprint density at radius 3 is 2.90 bits per heavy atom. The molecule has 2 rings (SSSR count). The van der Waals surface area contributed by atoms with Gasteiger partial charge >= 0.3 is 0 Å². The van der Waals surface area contributed by atoms with Crippen molar-refractivity contribution in [3.63, 3.8) is 0 Å². The van der Waals surface area contributed by atoms with E-state index in [4.69, 9.17) is 5.73 Å². The number of rotatable bonds is 4. The van der Waals surface area contributed by atoms with Crippen LogP contribution >= 0.6 is 0 Å². The molecule has 2 atom stereocenters. The predicted molar refractivity (Wildman–Crippen MR) is 75.7 cm³/mol. The smallest absolute Gasteiger partial charge is 0.270 e. The van der Waals surface area contributed by atoms with Crippen molar-refractivity contribution in [1.82, 2.24) is 5.32 Å². The lowest BCUT2D eigenvalue weighted by Crippen LogP contribution is -2.41. The van der Waals surface area contributed by atoms with Crippen LogP contribution in [-0.2, 0) is 0 Å². The number of piperidine rings is 1. The molecule has 1 fully saturated rings. The molecule has 1 saturated heterocycles. The number of amides is 1. The van der Waals surface area contributed by atoms with Gasteiger partial charge in [-0.15, -0.1) is 0 Å². The number of nitro groups is 1. The molecule has 1 aliphatic rings. The molecule has 0 spiro atoms. The lowest BCUT2D eigenvalue weighted by atomic mass is 9.99. The van der Waals surface area contributed by atoms with Crippen LogP contribution in [0.25, 0.3) is 0 Å². The molecule has 0 bridgehead atoms. The number of nitro benzene ring substituents is 1. The SMILES string of the molecule is CC1CC(Nc2ccc([N+](=O)[O-])cc2C(N)=O)CCN1. The number of carbonyl (C=O) groups excluding carboxylic acids is 1. The van der Waals surface area contributed by atoms with Gasteiger partial charge in [0.1, 0.15) is 0 Å². The number of hydrogen-bond donors (Lipinski definition) is 3. The molecule has 0 radical (unpaired) electrons. The number of nitrogens with one attached hydrogen (secondary N) is 2. The number of benzene rings is 1. The molecule has 4 N–H and O–H groups in total. The van der Waals surface area contributed by atoms with Crippen LogP contribution in [0.15, 0.2) is 18.2 Å². The molecule has 2 unspecified atom stereocenters. The molecule has 7 heteroatoms. The second-order valence-electron chi connectivity index (χ2n) is 5.07. The van der Waals surface area contributed by atoms with Gasteiger partial charge in [0.25, 0.3) is 11.6 Å². The summed E-state index contributed by atoms with van der Waals surface area (Å²) in [7, 11) is 0. The molecule has 0 aromatic heterocycles. The van der Waals surface area contributed by atoms with E-state index in [1.54, 1.807) is 6.07 Å². The third-order valence-electron chi connectivity index (χ3n) is 3.46. The Bertz CT molecular complexity index is 532. The van der Waals surface area contributed by atoms with Crippen LogP contribution in [0.4, 0.5) is 11.4 Å². The summed E-state index contributed by atoms with van der Waals surface area (Å²) in [5, 5.41) is 17.3. The fourth-order valence-electron chi connectivity index (χ4n) is 2.46. The molecule has 7 nitrogen and oxygen atoms in total. The Hall–Kier alpha value is -2.15. The highest BCUT2D eigenvalue weighted by molar-refractivity contribution is 5.99. The fraction of sp³-hybridized carbons (Fsp3) is 0.462. The van der Waals surface area contributed by atoms with Crippen molar-refractivity contribution in [3.05, 3.63) is 33.9 Å². The molecule has 1 aliphatic heterocycles. The Kier molecular flexibility index (Phi) is 4.19. The van der Waals surface area contributed by atoms with Gasteiger partial charge in [0.2, 0.25) is 0 Å². The maximum atomic E-state index is 11.4. The summed E-state index contributed by atoms with van der Waals surface area (Å²) in [5.41, 5.74) is 5.88. The van der Waals surface area contributed by atoms with Crippen LogP contribution in [-0.4, -0.2) is 29.5 Å². The Balaban J connectivity index is 2.22. The molecular formula is C13H18N4O3. The zero-order valence-electron chi connectivity index (χ0n) is 11.3. The summed E-state index contributed by atoms with van der Waals surface area (Å²) < 4.78 is 0. The second-order valence-corrected chi connectivity index (χ2v) is 5.07. The summed E-state index contributed by atoms with van der Waals surface area (Å²) in [6, 6.07) is 4.77. The van der Waals surface area contributed by atoms with Crippen LogP contribution in [0, 0.1) is 10.1 Å². The van der Waals surface area contributed by atoms with Gasteiger partial charge in [-0.25, -0.2) is 0 Å². The topological polar surface area (TPSA) is 110 Å². The minimum atomic E-state index is -0.668. The number of nitrogens with zero attached hydrogens (tertiary/aromatic N) is 1. The van der Waals surface area contributed by atoms with Gasteiger partial charge in [-0.1, -0.05) is 0 Å². The molecule has 1 aromatic carbocycles. The molecule has 1 amide bonds. The highest BCUT2D eigenvalue weighted by atomic mass is 16.6. The number of hydrogen-bond acceptors (Lipinski definition) is 5. The first kappa shape index (κ1) is 14.3. The van der Waals surface area contributed by atoms with Gasteiger partial charge in [0.05, 0.1) is 10.5 Å². The van der Waals surface area contributed by atoms with Crippen molar-refractivity contribution in [3.8, 4) is 0 Å². The van der Waals surface area contributed by atoms with Crippen LogP contribution < -0.4 is 16.4 Å². The zero-order chi connectivity index (χ0) is 14.7. The van der Waals surface area contributed by atoms with Gasteiger partial charge in [-0.2, -0.15) is 0 Å². The first-order valence-electron chi connectivity index (χ1n) is 6.55. The Labute approximate surface area is 116 Å². The first-order chi connectivity index (χ1) is 9.47. The first-order valence-corrected chi connectivity index (χ1v) is 6.55. The Morgan fingerprint density at radius 1 is 1.55 bits per heavy atom. The van der Waals surface area contributed by atoms with E-state index in [0.717, 1.165) is 19.4 Å². The lowest BCUT2D eigenvalue weighted by molar-refractivity contribution is -0.384. The maximum Gasteiger partial charge on any atom is 0.270 e. The van der Waals surface area contributed by atoms with E-state index in [-0.39, 0.29) is 17.3 Å². The molecule has 108 valence electrons. The van der Waals surface area contributed by atoms with Gasteiger partial charge < -0.3 is 16.4 Å². The third kappa shape index (κ3) is 3.24. The average molecular weight is 278 g/mol. The summed E-state index contributed by atoms with van der Waals surface area (Å²) in [6.45, 7) is 3.00. The van der Waals surface area contributed by atoms with E-state index < -0.39 is 10.8 Å². The summed E-state index contributed by atoms with van der Waals surface area (Å²) in [6.07, 6.45) is 1.86. The minimum Gasteiger partial charge on any atom is -0.382 e. The molecule has 0 aliphatic carbocycles. The van der Waals surface area contributed by atoms with Crippen molar-refractivity contribution in [2.24, 2.45) is 5.73 Å². The number of primary amides is 1. The van der Waals surface area contributed by atoms with Gasteiger partial charge in [-0.3, -0.25) is 14.9 Å². The largest absolute Gasteiger partial charge is 0.382 e. The lowest BCUT2D eigenvalue weighted by Gasteiger charge is -2.29. The quantitative estimate of drug-likeness (QED) is 0.567. The molecular weight excluding hydrogens is 260 g/mol. The molecule has 0 saturated carbocycles. The predicted octanol–water partition coefficient (Wildman–Crippen LogP) is 1.25. The fourth-order valence-corrected chi connectivity index (χ4v) is 2.46. The molecule has 1 heterocycles. The van der Waals surface area contributed by atoms with E-state index in [0.29, 0.717) is 11.7 Å². The second kappa shape index (κ2) is 5.87. The van der Waals surface area contributed by atoms with Gasteiger partial charge in [0, 0.05) is 29.9 Å². The van der Waals surface area contributed by atoms with E-state index >= 15 is 0 Å². The van der Waals surface area contributed by atoms with Crippen molar-refractivity contribution < 1.29 is 9.72 Å². The zero-order valence-corrected chi connectivity index (χ0v) is 11.3. The Morgan fingerprint density at radius 2 is 2.30 bits per heavy atom. The number of nitrogens with two attached hydrogens (primary N) is 1. The highest BCUT2D eigenvalue weighted by Gasteiger charge is 2.21. The minimum absolute atomic E-state index is 0.136. The number of carbonyl (C=O) groups is 1. The van der Waals surface area contributed by atoms with Crippen LogP contribution in [0.5, 0.6) is 0 Å². The molecule has 20 heavy (non-hydrogen) atoms. The van der Waals surface area contributed by atoms with Crippen molar-refractivity contribution in [2.45, 2.75) is 31.8 Å². The maximum absolute atomic E-state index is 11.4. The van der Waals surface area contributed by atoms with Gasteiger partial charge in [-0.05, 0) is 32.4 Å². The third-order valence-corrected chi connectivity index (χ3v) is 3.46. The average Bonchev–Trinajstić information content (AvgIpc) is 2.38. The van der Waals surface area contributed by atoms with E-state index in [1.807, 2.05) is 0 Å². The molecule has 1 aromatic rings. The summed E-state index contributed by atoms with van der Waals surface area (Å²) in [4.78, 5) is 21.7.